The number of ether oxygens (including phenoxy) is 1. The van der Waals surface area contributed by atoms with Gasteiger partial charge in [-0.3, -0.25) is 4.79 Å². The standard InChI is InChI=1S/C14H14O8/c1-2-8(15)4-6-22-14(13(20)21)5-3-9(11(16)17)10(7-14)12(18)19/h2-3,5H,1,4,6-7H2,(H,16,17)(H,18,19)(H,20,21). The van der Waals surface area contributed by atoms with E-state index >= 15 is 0 Å². The predicted molar refractivity (Wildman–Crippen MR) is 72.2 cm³/mol. The van der Waals surface area contributed by atoms with Crippen LogP contribution in [0.1, 0.15) is 12.8 Å². The summed E-state index contributed by atoms with van der Waals surface area (Å²) in [6, 6.07) is 0. The molecule has 0 radical (unpaired) electrons. The summed E-state index contributed by atoms with van der Waals surface area (Å²) in [6.07, 6.45) is 2.14. The van der Waals surface area contributed by atoms with E-state index in [1.807, 2.05) is 0 Å². The number of carboxylic acids is 3. The van der Waals surface area contributed by atoms with E-state index in [1.165, 1.54) is 0 Å². The number of carbonyl (C=O) groups is 4. The van der Waals surface area contributed by atoms with Crippen molar-refractivity contribution in [2.24, 2.45) is 0 Å². The summed E-state index contributed by atoms with van der Waals surface area (Å²) in [4.78, 5) is 44.6. The van der Waals surface area contributed by atoms with Crippen LogP contribution < -0.4 is 0 Å². The van der Waals surface area contributed by atoms with Crippen LogP contribution in [0.3, 0.4) is 0 Å². The van der Waals surface area contributed by atoms with Gasteiger partial charge in [0.05, 0.1) is 17.8 Å². The van der Waals surface area contributed by atoms with Gasteiger partial charge in [-0.2, -0.15) is 0 Å². The van der Waals surface area contributed by atoms with Crippen molar-refractivity contribution in [3.8, 4) is 0 Å². The lowest BCUT2D eigenvalue weighted by atomic mass is 9.85. The number of rotatable bonds is 8. The molecule has 22 heavy (non-hydrogen) atoms. The van der Waals surface area contributed by atoms with E-state index in [1.54, 1.807) is 0 Å². The largest absolute Gasteiger partial charge is 0.479 e. The molecule has 1 aliphatic rings. The second kappa shape index (κ2) is 6.81. The summed E-state index contributed by atoms with van der Waals surface area (Å²) in [7, 11) is 0. The second-order valence-corrected chi connectivity index (χ2v) is 4.48. The Labute approximate surface area is 125 Å². The highest BCUT2D eigenvalue weighted by Gasteiger charge is 2.43. The lowest BCUT2D eigenvalue weighted by molar-refractivity contribution is -0.160. The van der Waals surface area contributed by atoms with Gasteiger partial charge in [-0.1, -0.05) is 6.58 Å². The summed E-state index contributed by atoms with van der Waals surface area (Å²) in [5, 5.41) is 27.3. The molecule has 0 spiro atoms. The fourth-order valence-corrected chi connectivity index (χ4v) is 1.87. The van der Waals surface area contributed by atoms with Gasteiger partial charge in [0.25, 0.3) is 0 Å². The number of hydrogen-bond donors (Lipinski definition) is 3. The molecule has 0 saturated carbocycles. The first-order chi connectivity index (χ1) is 10.2. The van der Waals surface area contributed by atoms with Crippen molar-refractivity contribution >= 4 is 23.7 Å². The van der Waals surface area contributed by atoms with Crippen molar-refractivity contribution in [1.82, 2.24) is 0 Å². The Hall–Kier alpha value is -2.74. The SMILES string of the molecule is C=CC(=O)CCOC1(C(=O)O)C=CC(C(=O)O)=C(C(=O)O)C1. The fraction of sp³-hybridized carbons (Fsp3) is 0.286. The van der Waals surface area contributed by atoms with Crippen molar-refractivity contribution in [3.05, 3.63) is 36.0 Å². The number of carbonyl (C=O) groups excluding carboxylic acids is 1. The molecule has 1 aliphatic carbocycles. The van der Waals surface area contributed by atoms with Gasteiger partial charge in [0, 0.05) is 12.8 Å². The van der Waals surface area contributed by atoms with Gasteiger partial charge in [-0.05, 0) is 18.2 Å². The average molecular weight is 310 g/mol. The van der Waals surface area contributed by atoms with Crippen LogP contribution in [0.25, 0.3) is 0 Å². The Morgan fingerprint density at radius 3 is 2.32 bits per heavy atom. The molecule has 1 rings (SSSR count). The highest BCUT2D eigenvalue weighted by Crippen LogP contribution is 2.31. The van der Waals surface area contributed by atoms with E-state index in [4.69, 9.17) is 14.9 Å². The molecular weight excluding hydrogens is 296 g/mol. The van der Waals surface area contributed by atoms with Crippen LogP contribution in [-0.4, -0.2) is 51.2 Å². The van der Waals surface area contributed by atoms with Crippen molar-refractivity contribution in [2.75, 3.05) is 6.61 Å². The third kappa shape index (κ3) is 3.67. The van der Waals surface area contributed by atoms with Gasteiger partial charge in [0.15, 0.2) is 11.4 Å². The van der Waals surface area contributed by atoms with E-state index in [2.05, 4.69) is 6.58 Å². The molecule has 1 unspecified atom stereocenters. The first-order valence-electron chi connectivity index (χ1n) is 6.15. The maximum absolute atomic E-state index is 11.4. The second-order valence-electron chi connectivity index (χ2n) is 4.48. The molecule has 118 valence electrons. The van der Waals surface area contributed by atoms with Crippen LogP contribution >= 0.6 is 0 Å². The van der Waals surface area contributed by atoms with Gasteiger partial charge >= 0.3 is 17.9 Å². The first-order valence-corrected chi connectivity index (χ1v) is 6.15. The predicted octanol–water partition coefficient (Wildman–Crippen LogP) is 0.397. The fourth-order valence-electron chi connectivity index (χ4n) is 1.87. The molecule has 0 bridgehead atoms. The molecule has 0 aromatic carbocycles. The lowest BCUT2D eigenvalue weighted by Crippen LogP contribution is -2.43. The summed E-state index contributed by atoms with van der Waals surface area (Å²) in [5.74, 6) is -4.86. The topological polar surface area (TPSA) is 138 Å². The number of carboxylic acid groups (broad SMARTS) is 3. The van der Waals surface area contributed by atoms with E-state index < -0.39 is 41.1 Å². The minimum atomic E-state index is -2.02. The first kappa shape index (κ1) is 17.3. The molecule has 0 aromatic rings. The maximum Gasteiger partial charge on any atom is 0.340 e. The number of hydrogen-bond acceptors (Lipinski definition) is 5. The Kier molecular flexibility index (Phi) is 5.36. The van der Waals surface area contributed by atoms with E-state index in [0.717, 1.165) is 18.2 Å². The summed E-state index contributed by atoms with van der Waals surface area (Å²) >= 11 is 0. The van der Waals surface area contributed by atoms with E-state index in [9.17, 15) is 24.3 Å². The van der Waals surface area contributed by atoms with Gasteiger partial charge < -0.3 is 20.1 Å². The molecular formula is C14H14O8. The molecule has 0 heterocycles. The van der Waals surface area contributed by atoms with Gasteiger partial charge in [0.1, 0.15) is 0 Å². The monoisotopic (exact) mass is 310 g/mol. The number of aliphatic carboxylic acids is 3. The van der Waals surface area contributed by atoms with E-state index in [-0.39, 0.29) is 18.8 Å². The molecule has 0 aromatic heterocycles. The van der Waals surface area contributed by atoms with Crippen molar-refractivity contribution in [1.29, 1.82) is 0 Å². The summed E-state index contributed by atoms with van der Waals surface area (Å²) in [6.45, 7) is 2.99. The van der Waals surface area contributed by atoms with Crippen LogP contribution in [0, 0.1) is 0 Å². The van der Waals surface area contributed by atoms with Crippen molar-refractivity contribution in [3.63, 3.8) is 0 Å². The minimum Gasteiger partial charge on any atom is -0.479 e. The van der Waals surface area contributed by atoms with Crippen LogP contribution in [0.5, 0.6) is 0 Å². The Balaban J connectivity index is 3.04. The highest BCUT2D eigenvalue weighted by molar-refractivity contribution is 6.03. The third-order valence-electron chi connectivity index (χ3n) is 3.07. The minimum absolute atomic E-state index is 0.121. The van der Waals surface area contributed by atoms with Crippen LogP contribution in [0.15, 0.2) is 36.0 Å². The van der Waals surface area contributed by atoms with Crippen molar-refractivity contribution < 1.29 is 39.2 Å². The maximum atomic E-state index is 11.4. The molecule has 0 fully saturated rings. The normalized spacial score (nSPS) is 20.5. The molecule has 8 heteroatoms. The summed E-state index contributed by atoms with van der Waals surface area (Å²) < 4.78 is 5.17. The average Bonchev–Trinajstić information content (AvgIpc) is 2.46. The molecule has 1 atom stereocenters. The summed E-state index contributed by atoms with van der Waals surface area (Å²) in [5.41, 5.74) is -3.10. The third-order valence-corrected chi connectivity index (χ3v) is 3.07. The molecule has 0 saturated heterocycles. The Morgan fingerprint density at radius 1 is 1.23 bits per heavy atom. The zero-order valence-corrected chi connectivity index (χ0v) is 11.4. The molecule has 3 N–H and O–H groups in total. The molecule has 0 amide bonds. The Morgan fingerprint density at radius 2 is 1.86 bits per heavy atom. The smallest absolute Gasteiger partial charge is 0.340 e. The quantitative estimate of drug-likeness (QED) is 0.547. The number of ketones is 1. The van der Waals surface area contributed by atoms with Crippen LogP contribution in [0.2, 0.25) is 0 Å². The highest BCUT2D eigenvalue weighted by atomic mass is 16.5. The molecule has 0 aliphatic heterocycles. The Bertz CT molecular complexity index is 598. The lowest BCUT2D eigenvalue weighted by Gasteiger charge is -2.29. The zero-order chi connectivity index (χ0) is 16.9. The number of allylic oxidation sites excluding steroid dienone is 1. The van der Waals surface area contributed by atoms with Gasteiger partial charge in [-0.25, -0.2) is 14.4 Å². The van der Waals surface area contributed by atoms with Crippen molar-refractivity contribution in [2.45, 2.75) is 18.4 Å². The van der Waals surface area contributed by atoms with Crippen LogP contribution in [-0.2, 0) is 23.9 Å². The van der Waals surface area contributed by atoms with Gasteiger partial charge in [-0.15, -0.1) is 0 Å². The molecule has 8 nitrogen and oxygen atoms in total. The van der Waals surface area contributed by atoms with Crippen LogP contribution in [0.4, 0.5) is 0 Å². The van der Waals surface area contributed by atoms with E-state index in [0.29, 0.717) is 0 Å². The zero-order valence-electron chi connectivity index (χ0n) is 11.4. The van der Waals surface area contributed by atoms with Gasteiger partial charge in [0.2, 0.25) is 0 Å².